The predicted molar refractivity (Wildman–Crippen MR) is 66.9 cm³/mol. The fourth-order valence-electron chi connectivity index (χ4n) is 1.53. The van der Waals surface area contributed by atoms with E-state index in [1.807, 2.05) is 18.2 Å². The van der Waals surface area contributed by atoms with Gasteiger partial charge >= 0.3 is 0 Å². The Bertz CT molecular complexity index is 377. The first-order valence-electron chi connectivity index (χ1n) is 4.81. The summed E-state index contributed by atoms with van der Waals surface area (Å²) in [6.45, 7) is 0. The summed E-state index contributed by atoms with van der Waals surface area (Å²) < 4.78 is 0.609. The molecule has 2 rings (SSSR count). The third kappa shape index (κ3) is 2.79. The minimum absolute atomic E-state index is 0.00212. The van der Waals surface area contributed by atoms with Crippen molar-refractivity contribution in [2.45, 2.75) is 18.1 Å². The van der Waals surface area contributed by atoms with Crippen LogP contribution in [0, 0.1) is 0 Å². The molecular weight excluding hydrogens is 226 g/mol. The molecule has 0 aliphatic carbocycles. The summed E-state index contributed by atoms with van der Waals surface area (Å²) >= 11 is 6.40. The van der Waals surface area contributed by atoms with Crippen LogP contribution in [0.1, 0.15) is 12.0 Å². The van der Waals surface area contributed by atoms with Crippen molar-refractivity contribution in [1.82, 2.24) is 5.32 Å². The minimum Gasteiger partial charge on any atom is -0.311 e. The molecule has 78 valence electrons. The first-order chi connectivity index (χ1) is 7.25. The lowest BCUT2D eigenvalue weighted by Gasteiger charge is -2.04. The third-order valence-corrected chi connectivity index (χ3v) is 3.75. The molecule has 1 atom stereocenters. The zero-order chi connectivity index (χ0) is 10.7. The molecule has 2 nitrogen and oxygen atoms in total. The predicted octanol–water partition coefficient (Wildman–Crippen LogP) is 2.14. The maximum atomic E-state index is 11.4. The van der Waals surface area contributed by atoms with E-state index in [2.05, 4.69) is 17.4 Å². The monoisotopic (exact) mass is 237 g/mol. The first kappa shape index (κ1) is 10.6. The van der Waals surface area contributed by atoms with Crippen LogP contribution in [0.3, 0.4) is 0 Å². The van der Waals surface area contributed by atoms with Crippen molar-refractivity contribution in [3.63, 3.8) is 0 Å². The summed E-state index contributed by atoms with van der Waals surface area (Å²) in [6, 6.07) is 10.2. The number of nitrogens with one attached hydrogen (secondary N) is 1. The van der Waals surface area contributed by atoms with E-state index in [1.165, 1.54) is 17.3 Å². The Labute approximate surface area is 98.4 Å². The van der Waals surface area contributed by atoms with Gasteiger partial charge < -0.3 is 5.32 Å². The van der Waals surface area contributed by atoms with Crippen LogP contribution >= 0.6 is 24.0 Å². The van der Waals surface area contributed by atoms with Gasteiger partial charge in [-0.15, -0.1) is 0 Å². The molecule has 1 aliphatic rings. The van der Waals surface area contributed by atoms with Crippen LogP contribution in [0.5, 0.6) is 0 Å². The lowest BCUT2D eigenvalue weighted by molar-refractivity contribution is -0.118. The van der Waals surface area contributed by atoms with E-state index in [0.717, 1.165) is 12.8 Å². The van der Waals surface area contributed by atoms with Crippen molar-refractivity contribution in [1.29, 1.82) is 0 Å². The van der Waals surface area contributed by atoms with E-state index in [0.29, 0.717) is 4.32 Å². The van der Waals surface area contributed by atoms with Crippen molar-refractivity contribution in [3.05, 3.63) is 35.9 Å². The molecule has 1 N–H and O–H groups in total. The van der Waals surface area contributed by atoms with E-state index in [1.54, 1.807) is 0 Å². The van der Waals surface area contributed by atoms with E-state index in [-0.39, 0.29) is 11.2 Å². The van der Waals surface area contributed by atoms with E-state index in [4.69, 9.17) is 12.2 Å². The minimum atomic E-state index is -0.00212. The fourth-order valence-corrected chi connectivity index (χ4v) is 2.79. The van der Waals surface area contributed by atoms with E-state index in [9.17, 15) is 4.79 Å². The van der Waals surface area contributed by atoms with Gasteiger partial charge in [0.2, 0.25) is 5.91 Å². The number of amides is 1. The number of rotatable bonds is 3. The number of thiocarbonyl (C=S) groups is 1. The Balaban J connectivity index is 1.89. The number of benzene rings is 1. The molecule has 0 radical (unpaired) electrons. The molecule has 1 aliphatic heterocycles. The van der Waals surface area contributed by atoms with Crippen LogP contribution in [0.4, 0.5) is 0 Å². The lowest BCUT2D eigenvalue weighted by Crippen LogP contribution is -2.24. The number of hydrogen-bond acceptors (Lipinski definition) is 3. The Kier molecular flexibility index (Phi) is 3.38. The Morgan fingerprint density at radius 2 is 2.07 bits per heavy atom. The number of hydrogen-bond donors (Lipinski definition) is 1. The van der Waals surface area contributed by atoms with Crippen LogP contribution < -0.4 is 5.32 Å². The highest BCUT2D eigenvalue weighted by Gasteiger charge is 2.28. The Morgan fingerprint density at radius 3 is 2.67 bits per heavy atom. The van der Waals surface area contributed by atoms with E-state index >= 15 is 0 Å². The quantitative estimate of drug-likeness (QED) is 0.817. The summed E-state index contributed by atoms with van der Waals surface area (Å²) in [4.78, 5) is 11.4. The van der Waals surface area contributed by atoms with Gasteiger partial charge in [0.15, 0.2) is 0 Å². The van der Waals surface area contributed by atoms with Crippen molar-refractivity contribution in [2.75, 3.05) is 0 Å². The van der Waals surface area contributed by atoms with Crippen molar-refractivity contribution >= 4 is 34.2 Å². The van der Waals surface area contributed by atoms with Gasteiger partial charge in [-0.25, -0.2) is 0 Å². The third-order valence-electron chi connectivity index (χ3n) is 2.31. The number of carbonyl (C=O) groups is 1. The van der Waals surface area contributed by atoms with Crippen LogP contribution in [-0.4, -0.2) is 15.5 Å². The smallest absolute Gasteiger partial charge is 0.238 e. The zero-order valence-corrected chi connectivity index (χ0v) is 9.74. The number of aryl methyl sites for hydroxylation is 1. The topological polar surface area (TPSA) is 29.1 Å². The SMILES string of the molecule is O=C1NC(=S)SC1CCc1ccccc1. The molecule has 1 aromatic rings. The van der Waals surface area contributed by atoms with Gasteiger partial charge in [-0.05, 0) is 18.4 Å². The highest BCUT2D eigenvalue weighted by molar-refractivity contribution is 8.24. The summed E-state index contributed by atoms with van der Waals surface area (Å²) in [7, 11) is 0. The highest BCUT2D eigenvalue weighted by Crippen LogP contribution is 2.23. The molecule has 1 amide bonds. The highest BCUT2D eigenvalue weighted by atomic mass is 32.2. The van der Waals surface area contributed by atoms with Gasteiger partial charge in [0.1, 0.15) is 4.32 Å². The molecule has 4 heteroatoms. The van der Waals surface area contributed by atoms with Crippen molar-refractivity contribution < 1.29 is 4.79 Å². The van der Waals surface area contributed by atoms with Gasteiger partial charge in [-0.3, -0.25) is 4.79 Å². The molecule has 1 fully saturated rings. The normalized spacial score (nSPS) is 20.4. The second-order valence-electron chi connectivity index (χ2n) is 3.41. The molecular formula is C11H11NOS2. The summed E-state index contributed by atoms with van der Waals surface area (Å²) in [6.07, 6.45) is 1.77. The maximum Gasteiger partial charge on any atom is 0.238 e. The molecule has 0 saturated carbocycles. The standard InChI is InChI=1S/C11H11NOS2/c13-10-9(15-11(14)12-10)7-6-8-4-2-1-3-5-8/h1-5,9H,6-7H2,(H,12,13,14). The molecule has 15 heavy (non-hydrogen) atoms. The van der Waals surface area contributed by atoms with Crippen molar-refractivity contribution in [2.24, 2.45) is 0 Å². The van der Waals surface area contributed by atoms with Crippen LogP contribution in [0.25, 0.3) is 0 Å². The molecule has 0 aromatic heterocycles. The molecule has 1 aromatic carbocycles. The number of thioether (sulfide) groups is 1. The summed E-state index contributed by atoms with van der Waals surface area (Å²) in [5.74, 6) is 0.0564. The second-order valence-corrected chi connectivity index (χ2v) is 5.29. The average Bonchev–Trinajstić information content (AvgIpc) is 2.56. The van der Waals surface area contributed by atoms with Gasteiger partial charge in [0.05, 0.1) is 5.25 Å². The molecule has 1 saturated heterocycles. The molecule has 1 heterocycles. The van der Waals surface area contributed by atoms with Crippen LogP contribution in [-0.2, 0) is 11.2 Å². The van der Waals surface area contributed by atoms with Crippen LogP contribution in [0.2, 0.25) is 0 Å². The van der Waals surface area contributed by atoms with Crippen LogP contribution in [0.15, 0.2) is 30.3 Å². The van der Waals surface area contributed by atoms with Gasteiger partial charge in [-0.2, -0.15) is 0 Å². The lowest BCUT2D eigenvalue weighted by atomic mass is 10.1. The molecule has 0 spiro atoms. The number of carbonyl (C=O) groups excluding carboxylic acids is 1. The average molecular weight is 237 g/mol. The van der Waals surface area contributed by atoms with Gasteiger partial charge in [-0.1, -0.05) is 54.3 Å². The summed E-state index contributed by atoms with van der Waals surface area (Å²) in [5, 5.41) is 2.66. The zero-order valence-electron chi connectivity index (χ0n) is 8.10. The van der Waals surface area contributed by atoms with Gasteiger partial charge in [0.25, 0.3) is 0 Å². The summed E-state index contributed by atoms with van der Waals surface area (Å²) in [5.41, 5.74) is 1.27. The fraction of sp³-hybridized carbons (Fsp3) is 0.273. The first-order valence-corrected chi connectivity index (χ1v) is 6.10. The Hall–Kier alpha value is -0.870. The van der Waals surface area contributed by atoms with E-state index < -0.39 is 0 Å². The molecule has 1 unspecified atom stereocenters. The van der Waals surface area contributed by atoms with Gasteiger partial charge in [0, 0.05) is 0 Å². The largest absolute Gasteiger partial charge is 0.311 e. The second kappa shape index (κ2) is 4.77. The Morgan fingerprint density at radius 1 is 1.33 bits per heavy atom. The maximum absolute atomic E-state index is 11.4. The van der Waals surface area contributed by atoms with Crippen molar-refractivity contribution in [3.8, 4) is 0 Å². The molecule has 0 bridgehead atoms.